The number of aromatic nitrogens is 4. The van der Waals surface area contributed by atoms with E-state index in [-0.39, 0.29) is 25.0 Å². The van der Waals surface area contributed by atoms with Gasteiger partial charge in [0.05, 0.1) is 42.3 Å². The van der Waals surface area contributed by atoms with E-state index in [1.54, 1.807) is 15.6 Å². The Morgan fingerprint density at radius 3 is 2.60 bits per heavy atom. The molecule has 3 aromatic rings. The van der Waals surface area contributed by atoms with Gasteiger partial charge in [0.15, 0.2) is 0 Å². The van der Waals surface area contributed by atoms with Gasteiger partial charge >= 0.3 is 0 Å². The van der Waals surface area contributed by atoms with Crippen LogP contribution in [0, 0.1) is 31.1 Å². The number of pyridine rings is 1. The number of amides is 2. The van der Waals surface area contributed by atoms with E-state index < -0.39 is 11.6 Å². The number of likely N-dealkylation sites (tertiary alicyclic amines) is 2. The number of carbonyl (C=O) groups excluding carboxylic acids is 2. The summed E-state index contributed by atoms with van der Waals surface area (Å²) in [6.45, 7) is 8.76. The number of hydrogen-bond acceptors (Lipinski definition) is 6. The molecular weight excluding hydrogens is 511 g/mol. The number of hydrogen-bond donors (Lipinski definition) is 1. The minimum atomic E-state index is -2.02. The molecule has 3 aromatic heterocycles. The number of anilines is 1. The van der Waals surface area contributed by atoms with Gasteiger partial charge in [0.25, 0.3) is 5.91 Å². The standard InChI is InChI=1S/C29H33FN8O2/c1-4-25(39)36-16-29(30,17-36)28(40)35-9-7-23(8-10-35)38-19(3)26(18(2)34-38)21-11-24(32-13-20-5-6-20)27-22(12-31)14-33-37(27)15-21/h4,11,14-15,20,23,32H,1,5-10,13,16-17H2,2-3H3. The average molecular weight is 545 g/mol. The van der Waals surface area contributed by atoms with E-state index in [1.165, 1.54) is 17.7 Å². The first-order valence-electron chi connectivity index (χ1n) is 13.8. The van der Waals surface area contributed by atoms with Crippen molar-refractivity contribution in [2.24, 2.45) is 5.92 Å². The third-order valence-corrected chi connectivity index (χ3v) is 8.47. The second kappa shape index (κ2) is 9.77. The highest BCUT2D eigenvalue weighted by molar-refractivity contribution is 5.93. The lowest BCUT2D eigenvalue weighted by Gasteiger charge is -2.45. The zero-order chi connectivity index (χ0) is 28.2. The number of rotatable bonds is 7. The molecule has 5 heterocycles. The minimum Gasteiger partial charge on any atom is -0.383 e. The maximum atomic E-state index is 15.2. The number of fused-ring (bicyclic) bond motifs is 1. The summed E-state index contributed by atoms with van der Waals surface area (Å²) < 4.78 is 19.0. The molecule has 0 atom stereocenters. The number of carbonyl (C=O) groups is 2. The van der Waals surface area contributed by atoms with Crippen LogP contribution in [-0.2, 0) is 9.59 Å². The number of piperidine rings is 1. The molecule has 40 heavy (non-hydrogen) atoms. The van der Waals surface area contributed by atoms with Crippen LogP contribution >= 0.6 is 0 Å². The Kier molecular flexibility index (Phi) is 6.36. The minimum absolute atomic E-state index is 0.0818. The van der Waals surface area contributed by atoms with E-state index in [4.69, 9.17) is 5.10 Å². The highest BCUT2D eigenvalue weighted by Gasteiger charge is 2.53. The van der Waals surface area contributed by atoms with Crippen LogP contribution in [0.4, 0.5) is 10.1 Å². The topological polar surface area (TPSA) is 112 Å². The van der Waals surface area contributed by atoms with Gasteiger partial charge in [0.1, 0.15) is 11.6 Å². The van der Waals surface area contributed by atoms with Gasteiger partial charge in [-0.25, -0.2) is 8.91 Å². The Balaban J connectivity index is 1.20. The Bertz CT molecular complexity index is 1550. The van der Waals surface area contributed by atoms with Gasteiger partial charge in [0, 0.05) is 42.7 Å². The molecule has 2 amide bonds. The van der Waals surface area contributed by atoms with Crippen molar-refractivity contribution < 1.29 is 14.0 Å². The predicted molar refractivity (Wildman–Crippen MR) is 147 cm³/mol. The number of aryl methyl sites for hydroxylation is 1. The lowest BCUT2D eigenvalue weighted by Crippen LogP contribution is -2.68. The van der Waals surface area contributed by atoms with Gasteiger partial charge in [-0.1, -0.05) is 6.58 Å². The fourth-order valence-electron chi connectivity index (χ4n) is 6.06. The van der Waals surface area contributed by atoms with Crippen molar-refractivity contribution in [1.29, 1.82) is 5.26 Å². The highest BCUT2D eigenvalue weighted by atomic mass is 19.1. The Labute approximate surface area is 232 Å². The van der Waals surface area contributed by atoms with E-state index in [0.717, 1.165) is 46.3 Å². The monoisotopic (exact) mass is 544 g/mol. The molecule has 0 bridgehead atoms. The highest BCUT2D eigenvalue weighted by Crippen LogP contribution is 2.37. The molecule has 1 saturated carbocycles. The van der Waals surface area contributed by atoms with Crippen LogP contribution in [0.2, 0.25) is 0 Å². The quantitative estimate of drug-likeness (QED) is 0.457. The van der Waals surface area contributed by atoms with Crippen LogP contribution in [0.5, 0.6) is 0 Å². The lowest BCUT2D eigenvalue weighted by molar-refractivity contribution is -0.162. The zero-order valence-electron chi connectivity index (χ0n) is 22.9. The fraction of sp³-hybridized carbons (Fsp3) is 0.483. The largest absolute Gasteiger partial charge is 0.383 e. The summed E-state index contributed by atoms with van der Waals surface area (Å²) in [6, 6.07) is 4.42. The van der Waals surface area contributed by atoms with Gasteiger partial charge in [0.2, 0.25) is 11.6 Å². The summed E-state index contributed by atoms with van der Waals surface area (Å²) >= 11 is 0. The number of halogens is 1. The normalized spacial score (nSPS) is 18.9. The summed E-state index contributed by atoms with van der Waals surface area (Å²) in [5.74, 6) is -0.224. The molecule has 0 aromatic carbocycles. The van der Waals surface area contributed by atoms with E-state index in [1.807, 2.05) is 24.7 Å². The van der Waals surface area contributed by atoms with Gasteiger partial charge in [-0.3, -0.25) is 14.3 Å². The zero-order valence-corrected chi connectivity index (χ0v) is 22.9. The van der Waals surface area contributed by atoms with Crippen LogP contribution in [-0.4, -0.2) is 79.4 Å². The predicted octanol–water partition coefficient (Wildman–Crippen LogP) is 3.41. The molecular formula is C29H33FN8O2. The molecule has 2 aliphatic heterocycles. The maximum Gasteiger partial charge on any atom is 0.264 e. The SMILES string of the molecule is C=CC(=O)N1CC(F)(C(=O)N2CCC(n3nc(C)c(-c4cc(NCC5CC5)c5c(C#N)cnn5c4)c3C)CC2)C1. The molecule has 3 aliphatic rings. The van der Waals surface area contributed by atoms with Crippen LogP contribution < -0.4 is 5.32 Å². The number of nitrogens with one attached hydrogen (secondary N) is 1. The van der Waals surface area contributed by atoms with Gasteiger partial charge in [-0.05, 0) is 57.6 Å². The van der Waals surface area contributed by atoms with Gasteiger partial charge in [-0.2, -0.15) is 15.5 Å². The molecule has 208 valence electrons. The molecule has 1 N–H and O–H groups in total. The molecule has 6 rings (SSSR count). The first kappa shape index (κ1) is 26.0. The van der Waals surface area contributed by atoms with E-state index in [0.29, 0.717) is 37.4 Å². The number of alkyl halides is 1. The Morgan fingerprint density at radius 1 is 1.23 bits per heavy atom. The van der Waals surface area contributed by atoms with Crippen molar-refractivity contribution in [3.63, 3.8) is 0 Å². The van der Waals surface area contributed by atoms with Crippen molar-refractivity contribution in [1.82, 2.24) is 29.2 Å². The van der Waals surface area contributed by atoms with Crippen molar-refractivity contribution in [2.45, 2.75) is 51.2 Å². The first-order chi connectivity index (χ1) is 19.2. The van der Waals surface area contributed by atoms with Crippen LogP contribution in [0.3, 0.4) is 0 Å². The summed E-state index contributed by atoms with van der Waals surface area (Å²) in [7, 11) is 0. The lowest BCUT2D eigenvalue weighted by atomic mass is 9.92. The van der Waals surface area contributed by atoms with E-state index >= 15 is 4.39 Å². The third-order valence-electron chi connectivity index (χ3n) is 8.47. The summed E-state index contributed by atoms with van der Waals surface area (Å²) in [5.41, 5.74) is 4.08. The molecule has 0 spiro atoms. The second-order valence-corrected chi connectivity index (χ2v) is 11.3. The average Bonchev–Trinajstić information content (AvgIpc) is 3.61. The molecule has 0 radical (unpaired) electrons. The number of nitrogens with zero attached hydrogens (tertiary/aromatic N) is 7. The number of nitriles is 1. The Morgan fingerprint density at radius 2 is 1.95 bits per heavy atom. The third kappa shape index (κ3) is 4.41. The molecule has 3 fully saturated rings. The first-order valence-corrected chi connectivity index (χ1v) is 13.8. The van der Waals surface area contributed by atoms with E-state index in [9.17, 15) is 14.9 Å². The van der Waals surface area contributed by atoms with Crippen LogP contribution in [0.1, 0.15) is 48.7 Å². The van der Waals surface area contributed by atoms with Crippen molar-refractivity contribution in [3.05, 3.63) is 48.1 Å². The molecule has 1 aliphatic carbocycles. The maximum absolute atomic E-state index is 15.2. The molecule has 10 nitrogen and oxygen atoms in total. The summed E-state index contributed by atoms with van der Waals surface area (Å²) in [4.78, 5) is 27.5. The summed E-state index contributed by atoms with van der Waals surface area (Å²) in [5, 5.41) is 22.5. The summed E-state index contributed by atoms with van der Waals surface area (Å²) in [6.07, 6.45) is 8.46. The van der Waals surface area contributed by atoms with Crippen molar-refractivity contribution in [3.8, 4) is 17.2 Å². The van der Waals surface area contributed by atoms with Gasteiger partial charge in [-0.15, -0.1) is 0 Å². The molecule has 0 unspecified atom stereocenters. The Hall–Kier alpha value is -4.20. The second-order valence-electron chi connectivity index (χ2n) is 11.3. The van der Waals surface area contributed by atoms with Crippen molar-refractivity contribution >= 4 is 23.0 Å². The van der Waals surface area contributed by atoms with Crippen LogP contribution in [0.15, 0.2) is 31.1 Å². The van der Waals surface area contributed by atoms with Crippen LogP contribution in [0.25, 0.3) is 16.6 Å². The van der Waals surface area contributed by atoms with Crippen molar-refractivity contribution in [2.75, 3.05) is 38.0 Å². The van der Waals surface area contributed by atoms with Gasteiger partial charge < -0.3 is 15.1 Å². The fourth-order valence-corrected chi connectivity index (χ4v) is 6.06. The molecule has 2 saturated heterocycles. The van der Waals surface area contributed by atoms with E-state index in [2.05, 4.69) is 29.1 Å². The smallest absolute Gasteiger partial charge is 0.264 e. The molecule has 11 heteroatoms.